The van der Waals surface area contributed by atoms with E-state index in [1.807, 2.05) is 44.3 Å². The van der Waals surface area contributed by atoms with Gasteiger partial charge in [0.15, 0.2) is 5.82 Å². The number of aromatic nitrogens is 3. The van der Waals surface area contributed by atoms with E-state index in [1.165, 1.54) is 0 Å². The molecule has 0 spiro atoms. The average molecular weight is 400 g/mol. The van der Waals surface area contributed by atoms with Crippen molar-refractivity contribution in [3.63, 3.8) is 0 Å². The SMILES string of the molecule is CC(C)(N)CCn1ccc2cc(-c3nc(=O)o[nH]3)ccc21.O=C(O)C(F)(F)F. The van der Waals surface area contributed by atoms with Crippen LogP contribution < -0.4 is 11.5 Å². The summed E-state index contributed by atoms with van der Waals surface area (Å²) in [6.07, 6.45) is -2.14. The number of H-pyrrole nitrogens is 1. The van der Waals surface area contributed by atoms with E-state index in [0.29, 0.717) is 5.82 Å². The number of benzene rings is 1. The zero-order valence-electron chi connectivity index (χ0n) is 15.1. The first-order valence-electron chi connectivity index (χ1n) is 8.10. The zero-order valence-corrected chi connectivity index (χ0v) is 15.1. The molecule has 0 bridgehead atoms. The first-order chi connectivity index (χ1) is 12.9. The van der Waals surface area contributed by atoms with Crippen LogP contribution in [0.4, 0.5) is 13.2 Å². The van der Waals surface area contributed by atoms with Gasteiger partial charge in [0.2, 0.25) is 0 Å². The molecule has 0 radical (unpaired) electrons. The summed E-state index contributed by atoms with van der Waals surface area (Å²) in [6, 6.07) is 7.95. The molecule has 8 nitrogen and oxygen atoms in total. The van der Waals surface area contributed by atoms with Gasteiger partial charge in [-0.1, -0.05) is 0 Å². The second-order valence-electron chi connectivity index (χ2n) is 6.75. The number of rotatable bonds is 4. The number of aliphatic carboxylic acids is 1. The molecular formula is C17H19F3N4O4. The van der Waals surface area contributed by atoms with Gasteiger partial charge in [-0.2, -0.15) is 23.3 Å². The summed E-state index contributed by atoms with van der Waals surface area (Å²) in [5.74, 6) is -2.93. The van der Waals surface area contributed by atoms with E-state index < -0.39 is 17.9 Å². The third-order valence-corrected chi connectivity index (χ3v) is 3.72. The highest BCUT2D eigenvalue weighted by atomic mass is 19.4. The lowest BCUT2D eigenvalue weighted by Gasteiger charge is -2.18. The van der Waals surface area contributed by atoms with Crippen molar-refractivity contribution in [2.24, 2.45) is 5.73 Å². The summed E-state index contributed by atoms with van der Waals surface area (Å²) >= 11 is 0. The Bertz CT molecular complexity index is 1010. The van der Waals surface area contributed by atoms with Crippen molar-refractivity contribution in [1.82, 2.24) is 14.7 Å². The normalized spacial score (nSPS) is 11.9. The van der Waals surface area contributed by atoms with Gasteiger partial charge in [-0.3, -0.25) is 0 Å². The highest BCUT2D eigenvalue weighted by Gasteiger charge is 2.38. The van der Waals surface area contributed by atoms with E-state index in [9.17, 15) is 18.0 Å². The number of nitrogens with zero attached hydrogens (tertiary/aromatic N) is 2. The Morgan fingerprint density at radius 2 is 1.96 bits per heavy atom. The quantitative estimate of drug-likeness (QED) is 0.618. The number of hydrogen-bond acceptors (Lipinski definition) is 5. The molecule has 11 heteroatoms. The van der Waals surface area contributed by atoms with Crippen LogP contribution in [0.25, 0.3) is 22.3 Å². The molecule has 0 aliphatic rings. The van der Waals surface area contributed by atoms with Crippen molar-refractivity contribution in [2.45, 2.75) is 38.5 Å². The summed E-state index contributed by atoms with van der Waals surface area (Å²) in [5.41, 5.74) is 7.81. The Morgan fingerprint density at radius 3 is 2.46 bits per heavy atom. The Hall–Kier alpha value is -3.08. The van der Waals surface area contributed by atoms with Crippen molar-refractivity contribution >= 4 is 16.9 Å². The maximum absolute atomic E-state index is 11.0. The van der Waals surface area contributed by atoms with Crippen molar-refractivity contribution < 1.29 is 27.6 Å². The number of carboxylic acid groups (broad SMARTS) is 1. The largest absolute Gasteiger partial charge is 0.490 e. The Morgan fingerprint density at radius 1 is 1.32 bits per heavy atom. The first kappa shape index (κ1) is 21.2. The van der Waals surface area contributed by atoms with E-state index in [-0.39, 0.29) is 5.54 Å². The second-order valence-corrected chi connectivity index (χ2v) is 6.75. The highest BCUT2D eigenvalue weighted by molar-refractivity contribution is 5.84. The van der Waals surface area contributed by atoms with Crippen molar-refractivity contribution in [1.29, 1.82) is 0 Å². The van der Waals surface area contributed by atoms with Crippen molar-refractivity contribution in [3.8, 4) is 11.4 Å². The molecule has 0 fully saturated rings. The van der Waals surface area contributed by atoms with Crippen LogP contribution in [-0.2, 0) is 11.3 Å². The van der Waals surface area contributed by atoms with Crippen LogP contribution in [-0.4, -0.2) is 37.5 Å². The number of hydrogen-bond donors (Lipinski definition) is 3. The molecule has 0 amide bonds. The van der Waals surface area contributed by atoms with Crippen LogP contribution in [0.3, 0.4) is 0 Å². The van der Waals surface area contributed by atoms with Crippen molar-refractivity contribution in [3.05, 3.63) is 41.0 Å². The molecule has 3 rings (SSSR count). The molecule has 0 aliphatic heterocycles. The number of nitrogens with two attached hydrogens (primary N) is 1. The molecule has 3 aromatic rings. The maximum atomic E-state index is 11.0. The second kappa shape index (κ2) is 7.89. The molecule has 0 atom stereocenters. The monoisotopic (exact) mass is 400 g/mol. The van der Waals surface area contributed by atoms with Gasteiger partial charge in [0, 0.05) is 34.7 Å². The van der Waals surface area contributed by atoms with Gasteiger partial charge in [-0.15, -0.1) is 0 Å². The van der Waals surface area contributed by atoms with Gasteiger partial charge >= 0.3 is 17.9 Å². The van der Waals surface area contributed by atoms with E-state index in [4.69, 9.17) is 15.6 Å². The van der Waals surface area contributed by atoms with Crippen LogP contribution >= 0.6 is 0 Å². The van der Waals surface area contributed by atoms with Crippen LogP contribution in [0.1, 0.15) is 20.3 Å². The number of carboxylic acids is 1. The van der Waals surface area contributed by atoms with E-state index >= 15 is 0 Å². The lowest BCUT2D eigenvalue weighted by molar-refractivity contribution is -0.192. The first-order valence-corrected chi connectivity index (χ1v) is 8.10. The lowest BCUT2D eigenvalue weighted by Crippen LogP contribution is -2.33. The number of carbonyl (C=O) groups is 1. The summed E-state index contributed by atoms with van der Waals surface area (Å²) in [7, 11) is 0. The highest BCUT2D eigenvalue weighted by Crippen LogP contribution is 2.23. The zero-order chi connectivity index (χ0) is 21.1. The number of halogens is 3. The van der Waals surface area contributed by atoms with Gasteiger partial charge < -0.3 is 19.9 Å². The number of alkyl halides is 3. The average Bonchev–Trinajstić information content (AvgIpc) is 3.17. The minimum atomic E-state index is -5.08. The summed E-state index contributed by atoms with van der Waals surface area (Å²) in [6.45, 7) is 4.92. The van der Waals surface area contributed by atoms with E-state index in [2.05, 4.69) is 19.2 Å². The number of aryl methyl sites for hydroxylation is 1. The van der Waals surface area contributed by atoms with Crippen LogP contribution in [0, 0.1) is 0 Å². The van der Waals surface area contributed by atoms with Gasteiger partial charge in [0.05, 0.1) is 0 Å². The number of aromatic amines is 1. The third kappa shape index (κ3) is 5.71. The minimum absolute atomic E-state index is 0.184. The van der Waals surface area contributed by atoms with Crippen LogP contribution in [0.15, 0.2) is 39.8 Å². The van der Waals surface area contributed by atoms with Gasteiger partial charge in [0.25, 0.3) is 0 Å². The van der Waals surface area contributed by atoms with Crippen LogP contribution in [0.2, 0.25) is 0 Å². The molecule has 4 N–H and O–H groups in total. The third-order valence-electron chi connectivity index (χ3n) is 3.72. The van der Waals surface area contributed by atoms with Crippen molar-refractivity contribution in [2.75, 3.05) is 0 Å². The summed E-state index contributed by atoms with van der Waals surface area (Å²) in [4.78, 5) is 23.6. The molecule has 1 aromatic carbocycles. The summed E-state index contributed by atoms with van der Waals surface area (Å²) in [5, 5.41) is 10.7. The molecule has 152 valence electrons. The molecular weight excluding hydrogens is 381 g/mol. The molecule has 0 aliphatic carbocycles. The topological polar surface area (TPSA) is 127 Å². The van der Waals surface area contributed by atoms with Crippen LogP contribution in [0.5, 0.6) is 0 Å². The van der Waals surface area contributed by atoms with E-state index in [0.717, 1.165) is 29.4 Å². The maximum Gasteiger partial charge on any atom is 0.490 e. The molecule has 2 aromatic heterocycles. The lowest BCUT2D eigenvalue weighted by atomic mass is 10.0. The smallest absolute Gasteiger partial charge is 0.475 e. The van der Waals surface area contributed by atoms with Gasteiger partial charge in [-0.05, 0) is 44.5 Å². The minimum Gasteiger partial charge on any atom is -0.475 e. The summed E-state index contributed by atoms with van der Waals surface area (Å²) < 4.78 is 38.5. The standard InChI is InChI=1S/C15H18N4O2.C2HF3O2/c1-15(2,16)6-8-19-7-5-10-9-11(3-4-12(10)19)13-17-14(20)21-18-13;3-2(4,5)1(6)7/h3-5,7,9H,6,8,16H2,1-2H3,(H,17,18,20);(H,6,7). The molecule has 0 unspecified atom stereocenters. The molecule has 28 heavy (non-hydrogen) atoms. The predicted octanol–water partition coefficient (Wildman–Crippen LogP) is 2.75. The van der Waals surface area contributed by atoms with E-state index in [1.54, 1.807) is 0 Å². The van der Waals surface area contributed by atoms with Gasteiger partial charge in [-0.25, -0.2) is 9.59 Å². The molecule has 0 saturated carbocycles. The Balaban J connectivity index is 0.000000345. The predicted molar refractivity (Wildman–Crippen MR) is 94.6 cm³/mol. The Kier molecular flexibility index (Phi) is 5.98. The Labute approximate surface area is 156 Å². The van der Waals surface area contributed by atoms with Gasteiger partial charge in [0.1, 0.15) is 0 Å². The fourth-order valence-corrected chi connectivity index (χ4v) is 2.30. The fourth-order valence-electron chi connectivity index (χ4n) is 2.30. The fraction of sp³-hybridized carbons (Fsp3) is 0.353. The molecule has 2 heterocycles. The molecule has 0 saturated heterocycles. The number of fused-ring (bicyclic) bond motifs is 1. The number of nitrogens with one attached hydrogen (secondary N) is 1.